The van der Waals surface area contributed by atoms with Crippen molar-refractivity contribution in [2.24, 2.45) is 0 Å². The molecular formula is C22H21F3N4O. The van der Waals surface area contributed by atoms with E-state index >= 15 is 0 Å². The molecule has 5 nitrogen and oxygen atoms in total. The average molecular weight is 414 g/mol. The third-order valence-electron chi connectivity index (χ3n) is 5.27. The second-order valence-corrected chi connectivity index (χ2v) is 7.22. The molecule has 1 aliphatic heterocycles. The number of anilines is 2. The number of amides is 1. The third kappa shape index (κ3) is 3.90. The van der Waals surface area contributed by atoms with Gasteiger partial charge in [0.05, 0.1) is 6.04 Å². The van der Waals surface area contributed by atoms with Gasteiger partial charge in [-0.25, -0.2) is 4.68 Å². The van der Waals surface area contributed by atoms with Crippen molar-refractivity contribution in [3.05, 3.63) is 77.5 Å². The van der Waals surface area contributed by atoms with Crippen LogP contribution in [0.5, 0.6) is 0 Å². The van der Waals surface area contributed by atoms with Crippen molar-refractivity contribution in [3.8, 4) is 0 Å². The van der Waals surface area contributed by atoms with Crippen LogP contribution in [0, 0.1) is 0 Å². The number of aromatic nitrogens is 2. The van der Waals surface area contributed by atoms with Crippen LogP contribution in [0.2, 0.25) is 0 Å². The van der Waals surface area contributed by atoms with Gasteiger partial charge in [-0.1, -0.05) is 55.5 Å². The smallest absolute Gasteiger partial charge is 0.363 e. The Morgan fingerprint density at radius 2 is 1.87 bits per heavy atom. The number of carbonyl (C=O) groups excluding carboxylic acids is 1. The Hall–Kier alpha value is -3.29. The van der Waals surface area contributed by atoms with Gasteiger partial charge in [0.25, 0.3) is 5.91 Å². The predicted molar refractivity (Wildman–Crippen MR) is 109 cm³/mol. The SMILES string of the molecule is CCc1ccccc1NC(=O)c1cc2n(n1)[C@H](C(F)(F)F)C[C@@H](c1ccccc1)N2. The number of hydrogen-bond acceptors (Lipinski definition) is 3. The summed E-state index contributed by atoms with van der Waals surface area (Å²) >= 11 is 0. The first-order valence-corrected chi connectivity index (χ1v) is 9.74. The molecule has 1 aliphatic rings. The molecule has 2 heterocycles. The number of nitrogens with one attached hydrogen (secondary N) is 2. The molecule has 0 saturated heterocycles. The summed E-state index contributed by atoms with van der Waals surface area (Å²) in [5, 5.41) is 9.86. The van der Waals surface area contributed by atoms with Crippen molar-refractivity contribution in [3.63, 3.8) is 0 Å². The van der Waals surface area contributed by atoms with E-state index in [1.54, 1.807) is 36.4 Å². The molecule has 0 bridgehead atoms. The molecule has 1 aromatic heterocycles. The van der Waals surface area contributed by atoms with E-state index in [9.17, 15) is 18.0 Å². The van der Waals surface area contributed by atoms with Gasteiger partial charge in [0, 0.05) is 18.2 Å². The first-order chi connectivity index (χ1) is 14.4. The van der Waals surface area contributed by atoms with Gasteiger partial charge in [0.15, 0.2) is 11.7 Å². The molecule has 0 aliphatic carbocycles. The van der Waals surface area contributed by atoms with Crippen molar-refractivity contribution in [2.45, 2.75) is 38.0 Å². The maximum absolute atomic E-state index is 13.8. The predicted octanol–water partition coefficient (Wildman–Crippen LogP) is 5.36. The summed E-state index contributed by atoms with van der Waals surface area (Å²) < 4.78 is 42.2. The lowest BCUT2D eigenvalue weighted by Crippen LogP contribution is -2.35. The number of alkyl halides is 3. The van der Waals surface area contributed by atoms with Crippen LogP contribution in [-0.2, 0) is 6.42 Å². The summed E-state index contributed by atoms with van der Waals surface area (Å²) in [6.45, 7) is 1.96. The second kappa shape index (κ2) is 7.85. The van der Waals surface area contributed by atoms with Crippen molar-refractivity contribution in [1.29, 1.82) is 0 Å². The Bertz CT molecular complexity index is 1050. The molecule has 0 saturated carbocycles. The van der Waals surface area contributed by atoms with Crippen LogP contribution in [0.1, 0.15) is 47.0 Å². The van der Waals surface area contributed by atoms with Gasteiger partial charge in [-0.05, 0) is 23.6 Å². The highest BCUT2D eigenvalue weighted by Gasteiger charge is 2.46. The zero-order chi connectivity index (χ0) is 21.3. The standard InChI is InChI=1S/C22H21F3N4O/c1-2-14-8-6-7-11-16(14)27-21(30)18-13-20-26-17(15-9-4-3-5-10-15)12-19(22(23,24)25)29(20)28-18/h3-11,13,17,19,26H,2,12H2,1H3,(H,27,30)/t17-,19-/m0/s1. The zero-order valence-corrected chi connectivity index (χ0v) is 16.3. The summed E-state index contributed by atoms with van der Waals surface area (Å²) in [6, 6.07) is 15.3. The molecule has 2 N–H and O–H groups in total. The molecule has 0 fully saturated rings. The fraction of sp³-hybridized carbons (Fsp3) is 0.273. The number of halogens is 3. The molecule has 30 heavy (non-hydrogen) atoms. The molecule has 8 heteroatoms. The monoisotopic (exact) mass is 414 g/mol. The Labute approximate surface area is 171 Å². The molecule has 3 aromatic rings. The Balaban J connectivity index is 1.65. The Kier molecular flexibility index (Phi) is 5.24. The summed E-state index contributed by atoms with van der Waals surface area (Å²) in [7, 11) is 0. The van der Waals surface area contributed by atoms with Crippen LogP contribution < -0.4 is 10.6 Å². The van der Waals surface area contributed by atoms with Crippen LogP contribution in [0.25, 0.3) is 0 Å². The molecule has 1 amide bonds. The maximum Gasteiger partial charge on any atom is 0.410 e. The largest absolute Gasteiger partial charge is 0.410 e. The van der Waals surface area contributed by atoms with Crippen LogP contribution in [-0.4, -0.2) is 21.9 Å². The first-order valence-electron chi connectivity index (χ1n) is 9.74. The molecule has 156 valence electrons. The summed E-state index contributed by atoms with van der Waals surface area (Å²) in [5.41, 5.74) is 2.25. The summed E-state index contributed by atoms with van der Waals surface area (Å²) in [4.78, 5) is 12.7. The van der Waals surface area contributed by atoms with E-state index in [0.29, 0.717) is 12.1 Å². The number of hydrogen-bond donors (Lipinski definition) is 2. The zero-order valence-electron chi connectivity index (χ0n) is 16.3. The third-order valence-corrected chi connectivity index (χ3v) is 5.27. The number of para-hydroxylation sites is 1. The minimum Gasteiger partial charge on any atom is -0.363 e. The van der Waals surface area contributed by atoms with Crippen LogP contribution in [0.4, 0.5) is 24.7 Å². The van der Waals surface area contributed by atoms with Crippen LogP contribution in [0.15, 0.2) is 60.7 Å². The molecule has 0 unspecified atom stereocenters. The highest BCUT2D eigenvalue weighted by atomic mass is 19.4. The molecule has 2 atom stereocenters. The fourth-order valence-corrected chi connectivity index (χ4v) is 3.73. The van der Waals surface area contributed by atoms with E-state index in [0.717, 1.165) is 15.8 Å². The minimum absolute atomic E-state index is 0.0635. The lowest BCUT2D eigenvalue weighted by Gasteiger charge is -2.33. The number of nitrogens with zero attached hydrogens (tertiary/aromatic N) is 2. The van der Waals surface area contributed by atoms with E-state index in [2.05, 4.69) is 15.7 Å². The van der Waals surface area contributed by atoms with E-state index in [1.165, 1.54) is 6.07 Å². The Morgan fingerprint density at radius 3 is 2.57 bits per heavy atom. The van der Waals surface area contributed by atoms with Gasteiger partial charge >= 0.3 is 6.18 Å². The number of carbonyl (C=O) groups is 1. The highest BCUT2D eigenvalue weighted by molar-refractivity contribution is 6.03. The lowest BCUT2D eigenvalue weighted by atomic mass is 9.97. The minimum atomic E-state index is -4.49. The number of rotatable bonds is 4. The van der Waals surface area contributed by atoms with Crippen molar-refractivity contribution in [1.82, 2.24) is 9.78 Å². The summed E-state index contributed by atoms with van der Waals surface area (Å²) in [5.74, 6) is -0.372. The topological polar surface area (TPSA) is 59.0 Å². The van der Waals surface area contributed by atoms with Crippen molar-refractivity contribution in [2.75, 3.05) is 10.6 Å². The molecule has 4 rings (SSSR count). The Morgan fingerprint density at radius 1 is 1.17 bits per heavy atom. The van der Waals surface area contributed by atoms with Crippen molar-refractivity contribution >= 4 is 17.4 Å². The maximum atomic E-state index is 13.8. The van der Waals surface area contributed by atoms with Gasteiger partial charge < -0.3 is 10.6 Å². The number of fused-ring (bicyclic) bond motifs is 1. The molecule has 2 aromatic carbocycles. The van der Waals surface area contributed by atoms with E-state index in [4.69, 9.17) is 0 Å². The first kappa shape index (κ1) is 20.0. The van der Waals surface area contributed by atoms with Crippen LogP contribution in [0.3, 0.4) is 0 Å². The number of benzene rings is 2. The van der Waals surface area contributed by atoms with E-state index < -0.39 is 24.2 Å². The van der Waals surface area contributed by atoms with E-state index in [-0.39, 0.29) is 17.9 Å². The van der Waals surface area contributed by atoms with Crippen molar-refractivity contribution < 1.29 is 18.0 Å². The molecule has 0 spiro atoms. The fourth-order valence-electron chi connectivity index (χ4n) is 3.73. The average Bonchev–Trinajstić information content (AvgIpc) is 3.17. The van der Waals surface area contributed by atoms with Crippen LogP contribution >= 0.6 is 0 Å². The molecular weight excluding hydrogens is 393 g/mol. The summed E-state index contributed by atoms with van der Waals surface area (Å²) in [6.07, 6.45) is -3.98. The highest BCUT2D eigenvalue weighted by Crippen LogP contribution is 2.43. The van der Waals surface area contributed by atoms with E-state index in [1.807, 2.05) is 25.1 Å². The van der Waals surface area contributed by atoms with Gasteiger partial charge in [0.1, 0.15) is 5.82 Å². The number of aryl methyl sites for hydroxylation is 1. The quantitative estimate of drug-likeness (QED) is 0.604. The van der Waals surface area contributed by atoms with Gasteiger partial charge in [0.2, 0.25) is 0 Å². The van der Waals surface area contributed by atoms with Gasteiger partial charge in [-0.3, -0.25) is 4.79 Å². The van der Waals surface area contributed by atoms with Gasteiger partial charge in [-0.15, -0.1) is 0 Å². The molecule has 0 radical (unpaired) electrons. The van der Waals surface area contributed by atoms with Gasteiger partial charge in [-0.2, -0.15) is 18.3 Å². The lowest BCUT2D eigenvalue weighted by molar-refractivity contribution is -0.173. The normalized spacial score (nSPS) is 18.4. The second-order valence-electron chi connectivity index (χ2n) is 7.22.